The number of hydrogen-bond donors (Lipinski definition) is 0. The van der Waals surface area contributed by atoms with E-state index in [1.807, 2.05) is 0 Å². The first kappa shape index (κ1) is 7.67. The normalized spacial score (nSPS) is 13.2. The number of hydrogen-bond acceptors (Lipinski definition) is 1. The monoisotopic (exact) mass is 114 g/mol. The van der Waals surface area contributed by atoms with E-state index in [4.69, 9.17) is 0 Å². The van der Waals surface area contributed by atoms with Crippen LogP contribution in [0.3, 0.4) is 0 Å². The minimum Gasteiger partial charge on any atom is -0.303 e. The van der Waals surface area contributed by atoms with E-state index in [9.17, 15) is 4.79 Å². The average molecular weight is 114 g/mol. The van der Waals surface area contributed by atoms with E-state index in [1.165, 1.54) is 0 Å². The summed E-state index contributed by atoms with van der Waals surface area (Å²) in [7, 11) is 0. The molecule has 0 aromatic heterocycles. The number of carbonyl (C=O) groups is 1. The first-order valence-electron chi connectivity index (χ1n) is 3.30. The predicted molar refractivity (Wildman–Crippen MR) is 34.8 cm³/mol. The van der Waals surface area contributed by atoms with Gasteiger partial charge in [-0.3, -0.25) is 0 Å². The highest BCUT2D eigenvalue weighted by molar-refractivity contribution is 5.53. The number of carbonyl (C=O) groups excluding carboxylic acids is 1. The summed E-state index contributed by atoms with van der Waals surface area (Å²) in [4.78, 5) is 10.1. The molecule has 0 rings (SSSR count). The van der Waals surface area contributed by atoms with E-state index in [1.54, 1.807) is 0 Å². The third kappa shape index (κ3) is 2.78. The molecule has 0 aliphatic rings. The highest BCUT2D eigenvalue weighted by Crippen LogP contribution is 2.05. The Balaban J connectivity index is 3.21. The Morgan fingerprint density at radius 3 is 2.25 bits per heavy atom. The summed E-state index contributed by atoms with van der Waals surface area (Å²) in [5, 5.41) is 0. The summed E-state index contributed by atoms with van der Waals surface area (Å²) in [5.41, 5.74) is 0. The van der Waals surface area contributed by atoms with Crippen LogP contribution in [0.2, 0.25) is 0 Å². The molecule has 0 aromatic rings. The van der Waals surface area contributed by atoms with Crippen LogP contribution in [-0.4, -0.2) is 6.29 Å². The van der Waals surface area contributed by atoms with E-state index < -0.39 is 0 Å². The van der Waals surface area contributed by atoms with E-state index in [0.717, 1.165) is 25.5 Å². The Morgan fingerprint density at radius 2 is 2.12 bits per heavy atom. The van der Waals surface area contributed by atoms with Crippen LogP contribution in [0.5, 0.6) is 0 Å². The van der Waals surface area contributed by atoms with Gasteiger partial charge in [0.05, 0.1) is 0 Å². The second-order valence-corrected chi connectivity index (χ2v) is 2.09. The molecule has 1 nitrogen and oxygen atoms in total. The van der Waals surface area contributed by atoms with Gasteiger partial charge in [0.2, 0.25) is 0 Å². The van der Waals surface area contributed by atoms with E-state index >= 15 is 0 Å². The van der Waals surface area contributed by atoms with E-state index in [2.05, 4.69) is 13.8 Å². The van der Waals surface area contributed by atoms with Crippen molar-refractivity contribution in [2.24, 2.45) is 5.92 Å². The lowest BCUT2D eigenvalue weighted by Crippen LogP contribution is -1.97. The highest BCUT2D eigenvalue weighted by Gasteiger charge is 1.99. The van der Waals surface area contributed by atoms with Crippen LogP contribution < -0.4 is 0 Å². The smallest absolute Gasteiger partial charge is 0.123 e. The Morgan fingerprint density at radius 1 is 1.50 bits per heavy atom. The Hall–Kier alpha value is -0.330. The third-order valence-corrected chi connectivity index (χ3v) is 1.38. The molecule has 0 amide bonds. The quantitative estimate of drug-likeness (QED) is 0.511. The van der Waals surface area contributed by atoms with Crippen LogP contribution in [0.1, 0.15) is 33.1 Å². The predicted octanol–water partition coefficient (Wildman–Crippen LogP) is 2.01. The van der Waals surface area contributed by atoms with E-state index in [0.29, 0.717) is 5.92 Å². The maximum atomic E-state index is 10.1. The highest BCUT2D eigenvalue weighted by atomic mass is 16.1. The largest absolute Gasteiger partial charge is 0.303 e. The minimum atomic E-state index is 0.319. The molecule has 0 spiro atoms. The van der Waals surface area contributed by atoms with Crippen LogP contribution in [0.4, 0.5) is 0 Å². The molecule has 0 saturated carbocycles. The molecule has 0 fully saturated rings. The standard InChI is InChI=1S/C7H14O/c1-3-5-7(4-2)6-8/h6-7H,3-5H2,1-2H3. The first-order valence-corrected chi connectivity index (χ1v) is 3.30. The molecular weight excluding hydrogens is 100 g/mol. The zero-order valence-electron chi connectivity index (χ0n) is 5.68. The van der Waals surface area contributed by atoms with Crippen molar-refractivity contribution in [2.75, 3.05) is 0 Å². The fourth-order valence-electron chi connectivity index (χ4n) is 0.739. The Bertz CT molecular complexity index is 59.4. The lowest BCUT2D eigenvalue weighted by Gasteiger charge is -2.01. The van der Waals surface area contributed by atoms with Crippen molar-refractivity contribution in [1.29, 1.82) is 0 Å². The van der Waals surface area contributed by atoms with Crippen molar-refractivity contribution in [3.8, 4) is 0 Å². The van der Waals surface area contributed by atoms with Crippen LogP contribution in [0.15, 0.2) is 0 Å². The summed E-state index contributed by atoms with van der Waals surface area (Å²) < 4.78 is 0. The maximum absolute atomic E-state index is 10.1. The first-order chi connectivity index (χ1) is 3.85. The molecule has 1 heteroatoms. The third-order valence-electron chi connectivity index (χ3n) is 1.38. The van der Waals surface area contributed by atoms with Crippen molar-refractivity contribution in [2.45, 2.75) is 33.1 Å². The molecule has 0 heterocycles. The van der Waals surface area contributed by atoms with Crippen LogP contribution in [0, 0.1) is 5.92 Å². The number of rotatable bonds is 4. The molecule has 0 aliphatic heterocycles. The van der Waals surface area contributed by atoms with Gasteiger partial charge >= 0.3 is 0 Å². The lowest BCUT2D eigenvalue weighted by atomic mass is 10.0. The second kappa shape index (κ2) is 4.82. The van der Waals surface area contributed by atoms with Gasteiger partial charge in [-0.25, -0.2) is 0 Å². The fraction of sp³-hybridized carbons (Fsp3) is 0.857. The topological polar surface area (TPSA) is 17.1 Å². The van der Waals surface area contributed by atoms with Crippen molar-refractivity contribution in [1.82, 2.24) is 0 Å². The molecule has 8 heavy (non-hydrogen) atoms. The van der Waals surface area contributed by atoms with Gasteiger partial charge < -0.3 is 4.79 Å². The summed E-state index contributed by atoms with van der Waals surface area (Å²) >= 11 is 0. The Kier molecular flexibility index (Phi) is 4.62. The molecular formula is C7H14O. The summed E-state index contributed by atoms with van der Waals surface area (Å²) in [5.74, 6) is 0.319. The molecule has 0 saturated heterocycles. The molecule has 0 bridgehead atoms. The summed E-state index contributed by atoms with van der Waals surface area (Å²) in [6.07, 6.45) is 4.23. The van der Waals surface area contributed by atoms with Crippen molar-refractivity contribution < 1.29 is 4.79 Å². The lowest BCUT2D eigenvalue weighted by molar-refractivity contribution is -0.111. The molecule has 1 unspecified atom stereocenters. The Labute approximate surface area is 51.1 Å². The van der Waals surface area contributed by atoms with E-state index in [-0.39, 0.29) is 0 Å². The molecule has 0 aliphatic carbocycles. The van der Waals surface area contributed by atoms with Crippen molar-refractivity contribution >= 4 is 6.29 Å². The zero-order valence-corrected chi connectivity index (χ0v) is 5.68. The molecule has 48 valence electrons. The van der Waals surface area contributed by atoms with Gasteiger partial charge in [-0.05, 0) is 12.8 Å². The van der Waals surface area contributed by atoms with Gasteiger partial charge in [-0.2, -0.15) is 0 Å². The number of aldehydes is 1. The van der Waals surface area contributed by atoms with Gasteiger partial charge in [-0.15, -0.1) is 0 Å². The molecule has 0 aromatic carbocycles. The average Bonchev–Trinajstić information content (AvgIpc) is 1.83. The van der Waals surface area contributed by atoms with Gasteiger partial charge in [0, 0.05) is 5.92 Å². The molecule has 1 atom stereocenters. The van der Waals surface area contributed by atoms with Crippen LogP contribution in [-0.2, 0) is 4.79 Å². The maximum Gasteiger partial charge on any atom is 0.123 e. The van der Waals surface area contributed by atoms with Gasteiger partial charge in [-0.1, -0.05) is 20.3 Å². The van der Waals surface area contributed by atoms with Crippen LogP contribution >= 0.6 is 0 Å². The van der Waals surface area contributed by atoms with Gasteiger partial charge in [0.25, 0.3) is 0 Å². The molecule has 0 N–H and O–H groups in total. The van der Waals surface area contributed by atoms with Crippen LogP contribution in [0.25, 0.3) is 0 Å². The summed E-state index contributed by atoms with van der Waals surface area (Å²) in [6.45, 7) is 4.15. The summed E-state index contributed by atoms with van der Waals surface area (Å²) in [6, 6.07) is 0. The van der Waals surface area contributed by atoms with Gasteiger partial charge in [0.1, 0.15) is 6.29 Å². The van der Waals surface area contributed by atoms with Crippen molar-refractivity contribution in [3.05, 3.63) is 0 Å². The SMILES string of the molecule is CCCC(C=O)CC. The molecule has 0 radical (unpaired) electrons. The second-order valence-electron chi connectivity index (χ2n) is 2.09. The van der Waals surface area contributed by atoms with Crippen molar-refractivity contribution in [3.63, 3.8) is 0 Å². The minimum absolute atomic E-state index is 0.319. The zero-order chi connectivity index (χ0) is 6.41. The fourth-order valence-corrected chi connectivity index (χ4v) is 0.739. The van der Waals surface area contributed by atoms with Gasteiger partial charge in [0.15, 0.2) is 0 Å².